The summed E-state index contributed by atoms with van der Waals surface area (Å²) < 4.78 is 0. The second-order valence-electron chi connectivity index (χ2n) is 3.80. The average molecular weight is 233 g/mol. The van der Waals surface area contributed by atoms with Gasteiger partial charge in [0.15, 0.2) is 0 Å². The van der Waals surface area contributed by atoms with E-state index < -0.39 is 0 Å². The topological polar surface area (TPSA) is 47.6 Å². The molecule has 0 aromatic heterocycles. The number of halogens is 1. The number of benzene rings is 1. The van der Waals surface area contributed by atoms with Crippen molar-refractivity contribution in [2.75, 3.05) is 0 Å². The van der Waals surface area contributed by atoms with E-state index in [0.29, 0.717) is 17.0 Å². The Morgan fingerprint density at radius 2 is 2.06 bits per heavy atom. The molecule has 16 heavy (non-hydrogen) atoms. The van der Waals surface area contributed by atoms with Crippen LogP contribution in [0.4, 0.5) is 0 Å². The van der Waals surface area contributed by atoms with E-state index in [1.165, 1.54) is 0 Å². The first-order valence-electron chi connectivity index (χ1n) is 5.23. The number of hydrogen-bond donors (Lipinski definition) is 0. The molecule has 0 saturated heterocycles. The minimum Gasteiger partial charge on any atom is -0.198 e. The summed E-state index contributed by atoms with van der Waals surface area (Å²) in [5.41, 5.74) is 2.36. The van der Waals surface area contributed by atoms with Crippen molar-refractivity contribution < 1.29 is 0 Å². The fraction of sp³-hybridized carbons (Fsp3) is 0.385. The Morgan fingerprint density at radius 3 is 2.56 bits per heavy atom. The van der Waals surface area contributed by atoms with Crippen LogP contribution < -0.4 is 0 Å². The summed E-state index contributed by atoms with van der Waals surface area (Å²) in [7, 11) is 0. The number of hydrogen-bond acceptors (Lipinski definition) is 2. The van der Waals surface area contributed by atoms with Crippen molar-refractivity contribution in [1.82, 2.24) is 0 Å². The van der Waals surface area contributed by atoms with Gasteiger partial charge in [-0.2, -0.15) is 10.5 Å². The van der Waals surface area contributed by atoms with Crippen LogP contribution in [0.1, 0.15) is 42.9 Å². The standard InChI is InChI=1S/C13H13ClN2/c1-3-9(2)11-6-10(4-5-15)7-13(14)12(11)8-16/h6-7,9H,3-4H2,1-2H3. The first kappa shape index (κ1) is 12.6. The van der Waals surface area contributed by atoms with Gasteiger partial charge in [0, 0.05) is 0 Å². The van der Waals surface area contributed by atoms with Crippen molar-refractivity contribution >= 4 is 11.6 Å². The molecule has 0 spiro atoms. The molecule has 1 aromatic carbocycles. The molecule has 2 nitrogen and oxygen atoms in total. The van der Waals surface area contributed by atoms with E-state index in [9.17, 15) is 0 Å². The van der Waals surface area contributed by atoms with Gasteiger partial charge in [0.05, 0.1) is 23.1 Å². The third-order valence-electron chi connectivity index (χ3n) is 2.72. The van der Waals surface area contributed by atoms with E-state index in [0.717, 1.165) is 17.5 Å². The van der Waals surface area contributed by atoms with Gasteiger partial charge in [0.2, 0.25) is 0 Å². The SMILES string of the molecule is CCC(C)c1cc(CC#N)cc(Cl)c1C#N. The Morgan fingerprint density at radius 1 is 1.38 bits per heavy atom. The van der Waals surface area contributed by atoms with Crippen molar-refractivity contribution in [3.63, 3.8) is 0 Å². The van der Waals surface area contributed by atoms with E-state index in [4.69, 9.17) is 22.1 Å². The molecule has 0 saturated carbocycles. The maximum Gasteiger partial charge on any atom is 0.101 e. The summed E-state index contributed by atoms with van der Waals surface area (Å²) in [5, 5.41) is 18.2. The highest BCUT2D eigenvalue weighted by molar-refractivity contribution is 6.31. The van der Waals surface area contributed by atoms with Crippen LogP contribution in [0.15, 0.2) is 12.1 Å². The van der Waals surface area contributed by atoms with Gasteiger partial charge >= 0.3 is 0 Å². The summed E-state index contributed by atoms with van der Waals surface area (Å²) in [6.45, 7) is 4.12. The normalized spacial score (nSPS) is 11.6. The van der Waals surface area contributed by atoms with Crippen LogP contribution in [0.3, 0.4) is 0 Å². The molecule has 1 atom stereocenters. The Labute approximate surface area is 101 Å². The highest BCUT2D eigenvalue weighted by Crippen LogP contribution is 2.29. The van der Waals surface area contributed by atoms with Crippen LogP contribution in [0, 0.1) is 22.7 Å². The third kappa shape index (κ3) is 2.54. The van der Waals surface area contributed by atoms with Crippen LogP contribution in [-0.2, 0) is 6.42 Å². The molecule has 0 amide bonds. The molecule has 0 aliphatic carbocycles. The number of nitrogens with zero attached hydrogens (tertiary/aromatic N) is 2. The van der Waals surface area contributed by atoms with Gasteiger partial charge in [0.25, 0.3) is 0 Å². The fourth-order valence-corrected chi connectivity index (χ4v) is 1.90. The van der Waals surface area contributed by atoms with Crippen LogP contribution in [0.2, 0.25) is 5.02 Å². The molecule has 0 aliphatic rings. The van der Waals surface area contributed by atoms with Gasteiger partial charge < -0.3 is 0 Å². The zero-order valence-electron chi connectivity index (χ0n) is 9.42. The van der Waals surface area contributed by atoms with Crippen LogP contribution >= 0.6 is 11.6 Å². The lowest BCUT2D eigenvalue weighted by molar-refractivity contribution is 0.730. The summed E-state index contributed by atoms with van der Waals surface area (Å²) in [6, 6.07) is 7.85. The van der Waals surface area contributed by atoms with Gasteiger partial charge in [-0.15, -0.1) is 0 Å². The minimum absolute atomic E-state index is 0.283. The molecule has 3 heteroatoms. The zero-order chi connectivity index (χ0) is 12.1. The number of nitriles is 2. The molecule has 1 aromatic rings. The summed E-state index contributed by atoms with van der Waals surface area (Å²) in [5.74, 6) is 0.283. The predicted octanol–water partition coefficient (Wildman–Crippen LogP) is 3.79. The summed E-state index contributed by atoms with van der Waals surface area (Å²) in [4.78, 5) is 0. The lowest BCUT2D eigenvalue weighted by Crippen LogP contribution is -1.99. The Kier molecular flexibility index (Phi) is 4.35. The first-order valence-corrected chi connectivity index (χ1v) is 5.61. The largest absolute Gasteiger partial charge is 0.198 e. The smallest absolute Gasteiger partial charge is 0.101 e. The van der Waals surface area contributed by atoms with E-state index >= 15 is 0 Å². The first-order chi connectivity index (χ1) is 7.63. The predicted molar refractivity (Wildman–Crippen MR) is 64.2 cm³/mol. The highest BCUT2D eigenvalue weighted by Gasteiger charge is 2.13. The molecule has 0 aliphatic heterocycles. The molecule has 0 N–H and O–H groups in total. The summed E-state index contributed by atoms with van der Waals surface area (Å²) >= 11 is 6.04. The quantitative estimate of drug-likeness (QED) is 0.796. The second kappa shape index (κ2) is 5.54. The van der Waals surface area contributed by atoms with Gasteiger partial charge in [-0.05, 0) is 29.5 Å². The minimum atomic E-state index is 0.283. The second-order valence-corrected chi connectivity index (χ2v) is 4.21. The lowest BCUT2D eigenvalue weighted by Gasteiger charge is -2.13. The Balaban J connectivity index is 3.33. The Bertz CT molecular complexity index is 466. The monoisotopic (exact) mass is 232 g/mol. The van der Waals surface area contributed by atoms with E-state index in [-0.39, 0.29) is 5.92 Å². The molecule has 0 radical (unpaired) electrons. The maximum atomic E-state index is 9.07. The fourth-order valence-electron chi connectivity index (χ4n) is 1.61. The van der Waals surface area contributed by atoms with Gasteiger partial charge in [-0.25, -0.2) is 0 Å². The van der Waals surface area contributed by atoms with Gasteiger partial charge in [-0.3, -0.25) is 0 Å². The molecule has 1 unspecified atom stereocenters. The molecule has 82 valence electrons. The molecule has 0 bridgehead atoms. The molecule has 1 rings (SSSR count). The van der Waals surface area contributed by atoms with Gasteiger partial charge in [-0.1, -0.05) is 31.5 Å². The van der Waals surface area contributed by atoms with E-state index in [1.54, 1.807) is 6.07 Å². The molecule has 0 fully saturated rings. The van der Waals surface area contributed by atoms with E-state index in [1.807, 2.05) is 6.07 Å². The third-order valence-corrected chi connectivity index (χ3v) is 3.02. The van der Waals surface area contributed by atoms with Crippen molar-refractivity contribution in [1.29, 1.82) is 10.5 Å². The van der Waals surface area contributed by atoms with Crippen molar-refractivity contribution in [3.8, 4) is 12.1 Å². The van der Waals surface area contributed by atoms with Crippen LogP contribution in [0.25, 0.3) is 0 Å². The van der Waals surface area contributed by atoms with Gasteiger partial charge in [0.1, 0.15) is 6.07 Å². The Hall–Kier alpha value is -1.51. The molecule has 0 heterocycles. The molecular weight excluding hydrogens is 220 g/mol. The zero-order valence-corrected chi connectivity index (χ0v) is 10.2. The van der Waals surface area contributed by atoms with Crippen LogP contribution in [-0.4, -0.2) is 0 Å². The van der Waals surface area contributed by atoms with E-state index in [2.05, 4.69) is 26.0 Å². The lowest BCUT2D eigenvalue weighted by atomic mass is 9.92. The highest BCUT2D eigenvalue weighted by atomic mass is 35.5. The molecular formula is C13H13ClN2. The van der Waals surface area contributed by atoms with Crippen molar-refractivity contribution in [2.45, 2.75) is 32.6 Å². The number of rotatable bonds is 3. The van der Waals surface area contributed by atoms with Crippen LogP contribution in [0.5, 0.6) is 0 Å². The summed E-state index contributed by atoms with van der Waals surface area (Å²) in [6.07, 6.45) is 1.27. The average Bonchev–Trinajstić information content (AvgIpc) is 2.27. The maximum absolute atomic E-state index is 9.07. The van der Waals surface area contributed by atoms with Crippen molar-refractivity contribution in [2.24, 2.45) is 0 Å². The van der Waals surface area contributed by atoms with Crippen molar-refractivity contribution in [3.05, 3.63) is 33.8 Å².